The van der Waals surface area contributed by atoms with E-state index >= 15 is 0 Å². The van der Waals surface area contributed by atoms with Gasteiger partial charge in [-0.1, -0.05) is 49.1 Å². The number of hydrogen-bond acceptors (Lipinski definition) is 1. The minimum atomic E-state index is -0.350. The Bertz CT molecular complexity index is 470. The number of halogens is 2. The zero-order valence-corrected chi connectivity index (χ0v) is 12.8. The maximum absolute atomic E-state index is 13.3. The minimum Gasteiger partial charge on any atom is -0.307 e. The number of rotatable bonds is 4. The highest BCUT2D eigenvalue weighted by atomic mass is 35.5. The van der Waals surface area contributed by atoms with Crippen molar-refractivity contribution in [2.75, 3.05) is 6.54 Å². The van der Waals surface area contributed by atoms with E-state index in [4.69, 9.17) is 11.6 Å². The lowest BCUT2D eigenvalue weighted by molar-refractivity contribution is 0.552. The maximum Gasteiger partial charge on any atom is 0.141 e. The number of hydrogen-bond donors (Lipinski definition) is 1. The average Bonchev–Trinajstić information content (AvgIpc) is 2.40. The number of nitrogens with one attached hydrogen (secondary N) is 1. The Labute approximate surface area is 126 Å². The second-order valence-corrected chi connectivity index (χ2v) is 5.80. The molecule has 0 radical (unpaired) electrons. The fourth-order valence-electron chi connectivity index (χ4n) is 2.84. The number of likely N-dealkylation sites (N-methyl/N-ethyl adjacent to an activating group) is 1. The summed E-state index contributed by atoms with van der Waals surface area (Å²) in [5.74, 6) is -0.350. The van der Waals surface area contributed by atoms with Gasteiger partial charge in [-0.25, -0.2) is 4.39 Å². The monoisotopic (exact) mass is 295 g/mol. The minimum absolute atomic E-state index is 0.163. The molecule has 1 aromatic carbocycles. The summed E-state index contributed by atoms with van der Waals surface area (Å²) in [4.78, 5) is 0. The van der Waals surface area contributed by atoms with Gasteiger partial charge in [0.2, 0.25) is 0 Å². The molecular weight excluding hydrogens is 273 g/mol. The van der Waals surface area contributed by atoms with Crippen LogP contribution < -0.4 is 5.32 Å². The lowest BCUT2D eigenvalue weighted by Gasteiger charge is -2.24. The molecule has 0 saturated heterocycles. The molecule has 1 unspecified atom stereocenters. The van der Waals surface area contributed by atoms with Crippen molar-refractivity contribution in [3.05, 3.63) is 46.3 Å². The van der Waals surface area contributed by atoms with E-state index in [1.807, 2.05) is 6.07 Å². The molecule has 0 spiro atoms. The third-order valence-corrected chi connectivity index (χ3v) is 4.17. The molecule has 0 bridgehead atoms. The fraction of sp³-hybridized carbons (Fsp3) is 0.529. The summed E-state index contributed by atoms with van der Waals surface area (Å²) in [5.41, 5.74) is 2.49. The van der Waals surface area contributed by atoms with E-state index < -0.39 is 0 Å². The van der Waals surface area contributed by atoms with E-state index in [0.717, 1.165) is 24.9 Å². The predicted octanol–water partition coefficient (Wildman–Crippen LogP) is 5.41. The molecule has 0 amide bonds. The van der Waals surface area contributed by atoms with Crippen LogP contribution in [0.3, 0.4) is 0 Å². The van der Waals surface area contributed by atoms with Crippen LogP contribution in [-0.2, 0) is 0 Å². The van der Waals surface area contributed by atoms with Crippen LogP contribution in [0.1, 0.15) is 57.1 Å². The van der Waals surface area contributed by atoms with E-state index in [1.165, 1.54) is 37.3 Å². The van der Waals surface area contributed by atoms with Gasteiger partial charge in [0, 0.05) is 0 Å². The summed E-state index contributed by atoms with van der Waals surface area (Å²) in [6.07, 6.45) is 9.77. The Hall–Kier alpha value is -0.860. The Kier molecular flexibility index (Phi) is 6.06. The van der Waals surface area contributed by atoms with Crippen molar-refractivity contribution in [1.82, 2.24) is 5.32 Å². The van der Waals surface area contributed by atoms with Crippen molar-refractivity contribution in [2.45, 2.75) is 51.5 Å². The average molecular weight is 296 g/mol. The third-order valence-electron chi connectivity index (χ3n) is 3.88. The summed E-state index contributed by atoms with van der Waals surface area (Å²) in [7, 11) is 0. The van der Waals surface area contributed by atoms with Crippen molar-refractivity contribution >= 4 is 11.6 Å². The van der Waals surface area contributed by atoms with Gasteiger partial charge in [-0.05, 0) is 49.9 Å². The van der Waals surface area contributed by atoms with E-state index in [9.17, 15) is 4.39 Å². The highest BCUT2D eigenvalue weighted by molar-refractivity contribution is 6.30. The first-order chi connectivity index (χ1) is 9.72. The largest absolute Gasteiger partial charge is 0.307 e. The second-order valence-electron chi connectivity index (χ2n) is 5.40. The van der Waals surface area contributed by atoms with Crippen molar-refractivity contribution in [3.63, 3.8) is 0 Å². The second kappa shape index (κ2) is 7.80. The highest BCUT2D eigenvalue weighted by Gasteiger charge is 2.17. The van der Waals surface area contributed by atoms with Gasteiger partial charge in [-0.15, -0.1) is 0 Å². The first kappa shape index (κ1) is 15.5. The third kappa shape index (κ3) is 4.07. The standard InChI is InChI=1S/C17H23ClFN/c1-2-20-17(13-8-6-4-3-5-7-9-13)14-10-11-16(19)15(18)12-14/h8,10-12,17,20H,2-7,9H2,1H3/b13-8+. The molecule has 1 aromatic rings. The Morgan fingerprint density at radius 2 is 2.05 bits per heavy atom. The number of allylic oxidation sites excluding steroid dienone is 1. The molecule has 0 fully saturated rings. The van der Waals surface area contributed by atoms with Gasteiger partial charge in [-0.3, -0.25) is 0 Å². The molecule has 1 atom stereocenters. The van der Waals surface area contributed by atoms with Crippen LogP contribution in [0.15, 0.2) is 29.8 Å². The molecule has 2 rings (SSSR count). The van der Waals surface area contributed by atoms with Gasteiger partial charge < -0.3 is 5.32 Å². The highest BCUT2D eigenvalue weighted by Crippen LogP contribution is 2.30. The predicted molar refractivity (Wildman–Crippen MR) is 83.6 cm³/mol. The zero-order valence-electron chi connectivity index (χ0n) is 12.1. The van der Waals surface area contributed by atoms with Gasteiger partial charge in [0.25, 0.3) is 0 Å². The smallest absolute Gasteiger partial charge is 0.141 e. The van der Waals surface area contributed by atoms with Gasteiger partial charge in [0.1, 0.15) is 5.82 Å². The van der Waals surface area contributed by atoms with Crippen molar-refractivity contribution in [3.8, 4) is 0 Å². The summed E-state index contributed by atoms with van der Waals surface area (Å²) in [5, 5.41) is 3.72. The summed E-state index contributed by atoms with van der Waals surface area (Å²) < 4.78 is 13.3. The molecule has 1 aliphatic rings. The van der Waals surface area contributed by atoms with E-state index in [2.05, 4.69) is 18.3 Å². The molecule has 1 N–H and O–H groups in total. The lowest BCUT2D eigenvalue weighted by Crippen LogP contribution is -2.23. The summed E-state index contributed by atoms with van der Waals surface area (Å²) >= 11 is 5.93. The first-order valence-corrected chi connectivity index (χ1v) is 7.97. The topological polar surface area (TPSA) is 12.0 Å². The molecule has 110 valence electrons. The van der Waals surface area contributed by atoms with Crippen LogP contribution in [-0.4, -0.2) is 6.54 Å². The van der Waals surface area contributed by atoms with Crippen molar-refractivity contribution < 1.29 is 4.39 Å². The molecule has 0 heterocycles. The molecule has 1 nitrogen and oxygen atoms in total. The lowest BCUT2D eigenvalue weighted by atomic mass is 9.91. The SMILES string of the molecule is CCNC(/C1=C/CCCCCC1)c1ccc(F)c(Cl)c1. The molecule has 20 heavy (non-hydrogen) atoms. The van der Waals surface area contributed by atoms with Crippen LogP contribution in [0.4, 0.5) is 4.39 Å². The van der Waals surface area contributed by atoms with Gasteiger partial charge >= 0.3 is 0 Å². The maximum atomic E-state index is 13.3. The van der Waals surface area contributed by atoms with Crippen molar-refractivity contribution in [2.24, 2.45) is 0 Å². The number of benzene rings is 1. The van der Waals surface area contributed by atoms with Crippen LogP contribution >= 0.6 is 11.6 Å². The summed E-state index contributed by atoms with van der Waals surface area (Å²) in [6, 6.07) is 5.22. The van der Waals surface area contributed by atoms with Gasteiger partial charge in [0.15, 0.2) is 0 Å². The first-order valence-electron chi connectivity index (χ1n) is 7.59. The van der Waals surface area contributed by atoms with Gasteiger partial charge in [-0.2, -0.15) is 0 Å². The molecule has 3 heteroatoms. The quantitative estimate of drug-likeness (QED) is 0.732. The Morgan fingerprint density at radius 1 is 1.25 bits per heavy atom. The van der Waals surface area contributed by atoms with Crippen LogP contribution in [0.2, 0.25) is 5.02 Å². The Balaban J connectivity index is 2.26. The summed E-state index contributed by atoms with van der Waals surface area (Å²) in [6.45, 7) is 2.98. The zero-order chi connectivity index (χ0) is 14.4. The van der Waals surface area contributed by atoms with E-state index in [1.54, 1.807) is 6.07 Å². The fourth-order valence-corrected chi connectivity index (χ4v) is 3.03. The van der Waals surface area contributed by atoms with E-state index in [-0.39, 0.29) is 16.9 Å². The van der Waals surface area contributed by atoms with Crippen LogP contribution in [0.25, 0.3) is 0 Å². The normalized spacial score (nSPS) is 20.6. The molecule has 0 aromatic heterocycles. The van der Waals surface area contributed by atoms with Crippen LogP contribution in [0, 0.1) is 5.82 Å². The van der Waals surface area contributed by atoms with Crippen molar-refractivity contribution in [1.29, 1.82) is 0 Å². The van der Waals surface area contributed by atoms with Gasteiger partial charge in [0.05, 0.1) is 11.1 Å². The molecule has 1 aliphatic carbocycles. The molecular formula is C17H23ClFN. The molecule has 0 saturated carbocycles. The Morgan fingerprint density at radius 3 is 2.80 bits per heavy atom. The molecule has 0 aliphatic heterocycles. The van der Waals surface area contributed by atoms with Crippen LogP contribution in [0.5, 0.6) is 0 Å². The van der Waals surface area contributed by atoms with E-state index in [0.29, 0.717) is 0 Å².